The first-order valence-corrected chi connectivity index (χ1v) is 10.9. The van der Waals surface area contributed by atoms with Crippen LogP contribution in [0, 0.1) is 6.92 Å². The summed E-state index contributed by atoms with van der Waals surface area (Å²) in [6.07, 6.45) is 0. The van der Waals surface area contributed by atoms with Crippen LogP contribution in [0.25, 0.3) is 0 Å². The summed E-state index contributed by atoms with van der Waals surface area (Å²) in [6, 6.07) is 16.7. The molecule has 0 unspecified atom stereocenters. The summed E-state index contributed by atoms with van der Waals surface area (Å²) in [5.41, 5.74) is 2.09. The van der Waals surface area contributed by atoms with Gasteiger partial charge in [-0.3, -0.25) is 9.69 Å². The number of carbonyl (C=O) groups excluding carboxylic acids is 1. The summed E-state index contributed by atoms with van der Waals surface area (Å²) in [6.45, 7) is 6.01. The molecule has 7 heteroatoms. The smallest absolute Gasteiger partial charge is 0.243 e. The zero-order valence-electron chi connectivity index (χ0n) is 16.3. The van der Waals surface area contributed by atoms with Crippen LogP contribution in [0.2, 0.25) is 0 Å². The molecule has 1 atom stereocenters. The third-order valence-electron chi connectivity index (χ3n) is 5.03. The second-order valence-electron chi connectivity index (χ2n) is 7.19. The molecule has 0 bridgehead atoms. The van der Waals surface area contributed by atoms with Gasteiger partial charge in [-0.15, -0.1) is 0 Å². The Balaban J connectivity index is 1.51. The number of aryl methyl sites for hydroxylation is 1. The molecule has 2 aromatic carbocycles. The van der Waals surface area contributed by atoms with Crippen LogP contribution in [-0.4, -0.2) is 56.3 Å². The van der Waals surface area contributed by atoms with Gasteiger partial charge in [0.15, 0.2) is 0 Å². The van der Waals surface area contributed by atoms with Crippen LogP contribution in [0.1, 0.15) is 24.1 Å². The molecule has 1 amide bonds. The van der Waals surface area contributed by atoms with Crippen LogP contribution in [0.5, 0.6) is 0 Å². The minimum atomic E-state index is -3.48. The van der Waals surface area contributed by atoms with Crippen LogP contribution in [0.15, 0.2) is 59.5 Å². The average Bonchev–Trinajstić information content (AvgIpc) is 2.69. The summed E-state index contributed by atoms with van der Waals surface area (Å²) < 4.78 is 27.0. The van der Waals surface area contributed by atoms with Gasteiger partial charge in [-0.2, -0.15) is 4.31 Å². The van der Waals surface area contributed by atoms with E-state index in [4.69, 9.17) is 0 Å². The van der Waals surface area contributed by atoms with Crippen molar-refractivity contribution in [3.05, 3.63) is 65.7 Å². The maximum Gasteiger partial charge on any atom is 0.243 e. The quantitative estimate of drug-likeness (QED) is 0.806. The number of carbonyl (C=O) groups is 1. The lowest BCUT2D eigenvalue weighted by Crippen LogP contribution is -2.51. The van der Waals surface area contributed by atoms with E-state index in [1.807, 2.05) is 49.1 Å². The molecule has 0 aromatic heterocycles. The number of amides is 1. The summed E-state index contributed by atoms with van der Waals surface area (Å²) >= 11 is 0. The molecule has 1 aliphatic heterocycles. The molecule has 1 heterocycles. The van der Waals surface area contributed by atoms with E-state index in [-0.39, 0.29) is 18.5 Å². The second-order valence-corrected chi connectivity index (χ2v) is 9.13. The van der Waals surface area contributed by atoms with Crippen molar-refractivity contribution in [1.82, 2.24) is 14.5 Å². The first kappa shape index (κ1) is 20.5. The molecule has 0 saturated carbocycles. The number of hydrogen-bond donors (Lipinski definition) is 1. The largest absolute Gasteiger partial charge is 0.348 e. The third kappa shape index (κ3) is 4.98. The van der Waals surface area contributed by atoms with E-state index in [0.717, 1.165) is 11.1 Å². The Morgan fingerprint density at radius 2 is 1.61 bits per heavy atom. The van der Waals surface area contributed by atoms with E-state index >= 15 is 0 Å². The topological polar surface area (TPSA) is 69.7 Å². The minimum absolute atomic E-state index is 0.0498. The van der Waals surface area contributed by atoms with Crippen molar-refractivity contribution >= 4 is 15.9 Å². The van der Waals surface area contributed by atoms with Gasteiger partial charge in [0.1, 0.15) is 0 Å². The molecule has 1 fully saturated rings. The normalized spacial score (nSPS) is 17.2. The minimum Gasteiger partial charge on any atom is -0.348 e. The molecule has 0 aliphatic carbocycles. The maximum atomic E-state index is 12.8. The number of nitrogens with one attached hydrogen (secondary N) is 1. The zero-order valence-corrected chi connectivity index (χ0v) is 17.2. The number of piperazine rings is 1. The molecule has 3 rings (SSSR count). The van der Waals surface area contributed by atoms with Gasteiger partial charge >= 0.3 is 0 Å². The Morgan fingerprint density at radius 1 is 1.00 bits per heavy atom. The van der Waals surface area contributed by atoms with Crippen molar-refractivity contribution in [2.24, 2.45) is 0 Å². The summed E-state index contributed by atoms with van der Waals surface area (Å²) in [5.74, 6) is -0.0498. The molecule has 28 heavy (non-hydrogen) atoms. The van der Waals surface area contributed by atoms with Gasteiger partial charge in [0.2, 0.25) is 15.9 Å². The number of sulfonamides is 1. The van der Waals surface area contributed by atoms with E-state index < -0.39 is 10.0 Å². The fourth-order valence-corrected chi connectivity index (χ4v) is 4.72. The Morgan fingerprint density at radius 3 is 2.21 bits per heavy atom. The molecule has 6 nitrogen and oxygen atoms in total. The van der Waals surface area contributed by atoms with E-state index in [1.165, 1.54) is 4.31 Å². The van der Waals surface area contributed by atoms with Crippen LogP contribution < -0.4 is 5.32 Å². The molecule has 1 aliphatic rings. The Bertz CT molecular complexity index is 890. The highest BCUT2D eigenvalue weighted by molar-refractivity contribution is 7.89. The van der Waals surface area contributed by atoms with E-state index in [1.54, 1.807) is 24.3 Å². The molecular formula is C21H27N3O3S. The molecular weight excluding hydrogens is 374 g/mol. The molecule has 2 aromatic rings. The van der Waals surface area contributed by atoms with Gasteiger partial charge < -0.3 is 5.32 Å². The van der Waals surface area contributed by atoms with Gasteiger partial charge in [-0.05, 0) is 31.5 Å². The molecule has 0 spiro atoms. The van der Waals surface area contributed by atoms with Crippen molar-refractivity contribution in [3.8, 4) is 0 Å². The monoisotopic (exact) mass is 401 g/mol. The summed E-state index contributed by atoms with van der Waals surface area (Å²) in [7, 11) is -3.48. The lowest BCUT2D eigenvalue weighted by atomic mass is 10.1. The SMILES string of the molecule is Cc1ccc(S(=O)(=O)N2CCN(CC(=O)N[C@H](C)c3ccccc3)CC2)cc1. The number of hydrogen-bond acceptors (Lipinski definition) is 4. The van der Waals surface area contributed by atoms with E-state index in [2.05, 4.69) is 5.32 Å². The zero-order chi connectivity index (χ0) is 20.1. The fourth-order valence-electron chi connectivity index (χ4n) is 3.30. The molecule has 1 N–H and O–H groups in total. The van der Waals surface area contributed by atoms with Crippen LogP contribution in [0.4, 0.5) is 0 Å². The van der Waals surface area contributed by atoms with E-state index in [0.29, 0.717) is 31.1 Å². The number of nitrogens with zero attached hydrogens (tertiary/aromatic N) is 2. The standard InChI is InChI=1S/C21H27N3O3S/c1-17-8-10-20(11-9-17)28(26,27)24-14-12-23(13-15-24)16-21(25)22-18(2)19-6-4-3-5-7-19/h3-11,18H,12-16H2,1-2H3,(H,22,25)/t18-/m1/s1. The third-order valence-corrected chi connectivity index (χ3v) is 6.95. The average molecular weight is 402 g/mol. The summed E-state index contributed by atoms with van der Waals surface area (Å²) in [4.78, 5) is 14.7. The van der Waals surface area contributed by atoms with Crippen molar-refractivity contribution in [1.29, 1.82) is 0 Å². The van der Waals surface area contributed by atoms with Crippen molar-refractivity contribution in [2.75, 3.05) is 32.7 Å². The van der Waals surface area contributed by atoms with Gasteiger partial charge in [-0.1, -0.05) is 48.0 Å². The predicted octanol–water partition coefficient (Wildman–Crippen LogP) is 2.18. The Labute approximate surface area is 167 Å². The Hall–Kier alpha value is -2.22. The highest BCUT2D eigenvalue weighted by atomic mass is 32.2. The van der Waals surface area contributed by atoms with E-state index in [9.17, 15) is 13.2 Å². The van der Waals surface area contributed by atoms with Gasteiger partial charge in [0.05, 0.1) is 17.5 Å². The van der Waals surface area contributed by atoms with Crippen molar-refractivity contribution < 1.29 is 13.2 Å². The Kier molecular flexibility index (Phi) is 6.49. The second kappa shape index (κ2) is 8.86. The number of benzene rings is 2. The molecule has 1 saturated heterocycles. The highest BCUT2D eigenvalue weighted by Gasteiger charge is 2.29. The maximum absolute atomic E-state index is 12.8. The van der Waals surface area contributed by atoms with Gasteiger partial charge in [-0.25, -0.2) is 8.42 Å². The van der Waals surface area contributed by atoms with Crippen LogP contribution in [-0.2, 0) is 14.8 Å². The lowest BCUT2D eigenvalue weighted by Gasteiger charge is -2.33. The first-order valence-electron chi connectivity index (χ1n) is 9.50. The van der Waals surface area contributed by atoms with Gasteiger partial charge in [0.25, 0.3) is 0 Å². The van der Waals surface area contributed by atoms with Gasteiger partial charge in [0, 0.05) is 26.2 Å². The van der Waals surface area contributed by atoms with Crippen LogP contribution in [0.3, 0.4) is 0 Å². The first-order chi connectivity index (χ1) is 13.4. The van der Waals surface area contributed by atoms with Crippen LogP contribution >= 0.6 is 0 Å². The predicted molar refractivity (Wildman–Crippen MR) is 109 cm³/mol. The molecule has 0 radical (unpaired) electrons. The number of rotatable bonds is 6. The fraction of sp³-hybridized carbons (Fsp3) is 0.381. The molecule has 150 valence electrons. The summed E-state index contributed by atoms with van der Waals surface area (Å²) in [5, 5.41) is 3.00. The lowest BCUT2D eigenvalue weighted by molar-refractivity contribution is -0.123. The van der Waals surface area contributed by atoms with Crippen molar-refractivity contribution in [3.63, 3.8) is 0 Å². The van der Waals surface area contributed by atoms with Crippen molar-refractivity contribution in [2.45, 2.75) is 24.8 Å². The highest BCUT2D eigenvalue weighted by Crippen LogP contribution is 2.18.